The normalized spacial score (nSPS) is 11.7. The molecule has 0 aliphatic rings. The molecule has 0 spiro atoms. The Kier molecular flexibility index (Phi) is 7.05. The minimum atomic E-state index is -3.83. The van der Waals surface area contributed by atoms with Gasteiger partial charge >= 0.3 is 5.97 Å². The van der Waals surface area contributed by atoms with Gasteiger partial charge in [-0.2, -0.15) is 0 Å². The number of amides is 1. The highest BCUT2D eigenvalue weighted by atomic mass is 35.5. The van der Waals surface area contributed by atoms with Gasteiger partial charge < -0.3 is 10.4 Å². The number of aliphatic carboxylic acids is 1. The van der Waals surface area contributed by atoms with Gasteiger partial charge in [0, 0.05) is 16.3 Å². The van der Waals surface area contributed by atoms with E-state index in [1.54, 1.807) is 68.4 Å². The fraction of sp³-hybridized carbons (Fsp3) is 0.200. The minimum Gasteiger partial charge on any atom is -0.480 e. The van der Waals surface area contributed by atoms with Crippen molar-refractivity contribution in [2.75, 3.05) is 4.72 Å². The number of sulfonamides is 1. The zero-order valence-corrected chi connectivity index (χ0v) is 20.7. The van der Waals surface area contributed by atoms with Crippen LogP contribution in [0.5, 0.6) is 0 Å². The number of carbonyl (C=O) groups is 2. The monoisotopic (exact) mass is 500 g/mol. The number of halogens is 1. The summed E-state index contributed by atoms with van der Waals surface area (Å²) in [6, 6.07) is 16.6. The summed E-state index contributed by atoms with van der Waals surface area (Å²) in [6.07, 6.45) is 0. The molecule has 0 saturated heterocycles. The topological polar surface area (TPSA) is 113 Å². The largest absolute Gasteiger partial charge is 0.480 e. The second kappa shape index (κ2) is 9.48. The van der Waals surface area contributed by atoms with E-state index < -0.39 is 27.4 Å². The number of carboxylic acids is 1. The van der Waals surface area contributed by atoms with Crippen LogP contribution in [0.25, 0.3) is 11.1 Å². The van der Waals surface area contributed by atoms with Gasteiger partial charge in [-0.25, -0.2) is 13.2 Å². The average molecular weight is 501 g/mol. The first-order valence-electron chi connectivity index (χ1n) is 10.4. The maximum atomic E-state index is 13.0. The van der Waals surface area contributed by atoms with Gasteiger partial charge in [-0.05, 0) is 86.3 Å². The average Bonchev–Trinajstić information content (AvgIpc) is 2.75. The van der Waals surface area contributed by atoms with Gasteiger partial charge in [0.25, 0.3) is 15.9 Å². The van der Waals surface area contributed by atoms with Crippen LogP contribution in [0.4, 0.5) is 5.69 Å². The summed E-state index contributed by atoms with van der Waals surface area (Å²) in [5.41, 5.74) is 1.99. The molecule has 0 bridgehead atoms. The van der Waals surface area contributed by atoms with Crippen molar-refractivity contribution in [3.63, 3.8) is 0 Å². The number of benzene rings is 3. The molecule has 34 heavy (non-hydrogen) atoms. The van der Waals surface area contributed by atoms with Gasteiger partial charge in [-0.1, -0.05) is 35.9 Å². The van der Waals surface area contributed by atoms with E-state index >= 15 is 0 Å². The van der Waals surface area contributed by atoms with E-state index in [0.29, 0.717) is 27.4 Å². The Morgan fingerprint density at radius 1 is 0.912 bits per heavy atom. The van der Waals surface area contributed by atoms with Crippen molar-refractivity contribution in [1.29, 1.82) is 0 Å². The first-order chi connectivity index (χ1) is 15.8. The summed E-state index contributed by atoms with van der Waals surface area (Å²) in [6.45, 7) is 6.24. The SMILES string of the molecule is Cc1cc(S(=O)(=O)Nc2cccc(-c3ccc(C(=O)NC(C)(C)C(=O)O)cc3)c2)c(C)cc1Cl. The van der Waals surface area contributed by atoms with E-state index in [1.165, 1.54) is 13.8 Å². The standard InChI is InChI=1S/C25H25ClN2O5S/c1-15-13-22(16(2)12-21(15)26)34(32,33)28-20-7-5-6-19(14-20)17-8-10-18(11-9-17)23(29)27-25(3,4)24(30)31/h5-14,28H,1-4H3,(H,27,29)(H,30,31). The van der Waals surface area contributed by atoms with Gasteiger partial charge in [0.05, 0.1) is 4.90 Å². The molecule has 3 rings (SSSR count). The molecular formula is C25H25ClN2O5S. The zero-order chi connectivity index (χ0) is 25.3. The molecule has 1 amide bonds. The van der Waals surface area contributed by atoms with Crippen molar-refractivity contribution < 1.29 is 23.1 Å². The lowest BCUT2D eigenvalue weighted by atomic mass is 10.0. The van der Waals surface area contributed by atoms with Crippen LogP contribution < -0.4 is 10.0 Å². The number of carboxylic acid groups (broad SMARTS) is 1. The summed E-state index contributed by atoms with van der Waals surface area (Å²) in [7, 11) is -3.83. The molecule has 0 aromatic heterocycles. The minimum absolute atomic E-state index is 0.152. The molecule has 0 aliphatic heterocycles. The first kappa shape index (κ1) is 25.3. The number of aryl methyl sites for hydroxylation is 2. The second-order valence-electron chi connectivity index (χ2n) is 8.51. The number of carbonyl (C=O) groups excluding carboxylic acids is 1. The summed E-state index contributed by atoms with van der Waals surface area (Å²) in [4.78, 5) is 23.8. The number of anilines is 1. The summed E-state index contributed by atoms with van der Waals surface area (Å²) in [5, 5.41) is 12.2. The number of nitrogens with one attached hydrogen (secondary N) is 2. The van der Waals surface area contributed by atoms with E-state index in [9.17, 15) is 23.1 Å². The third-order valence-corrected chi connectivity index (χ3v) is 7.23. The summed E-state index contributed by atoms with van der Waals surface area (Å²) < 4.78 is 28.6. The smallest absolute Gasteiger partial charge is 0.328 e. The van der Waals surface area contributed by atoms with E-state index in [-0.39, 0.29) is 4.90 Å². The highest BCUT2D eigenvalue weighted by Gasteiger charge is 2.29. The molecule has 9 heteroatoms. The summed E-state index contributed by atoms with van der Waals surface area (Å²) >= 11 is 6.09. The van der Waals surface area contributed by atoms with Crippen LogP contribution in [0.2, 0.25) is 5.02 Å². The Balaban J connectivity index is 1.83. The highest BCUT2D eigenvalue weighted by Crippen LogP contribution is 2.28. The van der Waals surface area contributed by atoms with Crippen molar-refractivity contribution in [3.8, 4) is 11.1 Å². The molecule has 3 aromatic carbocycles. The van der Waals surface area contributed by atoms with Gasteiger partial charge in [0.15, 0.2) is 0 Å². The Hall–Kier alpha value is -3.36. The predicted molar refractivity (Wildman–Crippen MR) is 133 cm³/mol. The number of hydrogen-bond donors (Lipinski definition) is 3. The molecule has 0 atom stereocenters. The van der Waals surface area contributed by atoms with Crippen molar-refractivity contribution in [3.05, 3.63) is 82.4 Å². The molecular weight excluding hydrogens is 476 g/mol. The predicted octanol–water partition coefficient (Wildman–Crippen LogP) is 5.02. The van der Waals surface area contributed by atoms with Crippen LogP contribution in [-0.2, 0) is 14.8 Å². The highest BCUT2D eigenvalue weighted by molar-refractivity contribution is 7.92. The molecule has 0 heterocycles. The van der Waals surface area contributed by atoms with Gasteiger partial charge in [0.1, 0.15) is 5.54 Å². The Morgan fingerprint density at radius 3 is 2.18 bits per heavy atom. The Bertz CT molecular complexity index is 1370. The van der Waals surface area contributed by atoms with Gasteiger partial charge in [0.2, 0.25) is 0 Å². The Morgan fingerprint density at radius 2 is 1.56 bits per heavy atom. The van der Waals surface area contributed by atoms with E-state index in [4.69, 9.17) is 11.6 Å². The van der Waals surface area contributed by atoms with E-state index in [0.717, 1.165) is 11.1 Å². The fourth-order valence-corrected chi connectivity index (χ4v) is 4.82. The van der Waals surface area contributed by atoms with Gasteiger partial charge in [-0.3, -0.25) is 9.52 Å². The van der Waals surface area contributed by atoms with Crippen LogP contribution in [0.3, 0.4) is 0 Å². The van der Waals surface area contributed by atoms with Crippen molar-refractivity contribution in [2.24, 2.45) is 0 Å². The molecule has 0 radical (unpaired) electrons. The lowest BCUT2D eigenvalue weighted by Gasteiger charge is -2.21. The third-order valence-electron chi connectivity index (χ3n) is 5.30. The molecule has 3 aromatic rings. The molecule has 3 N–H and O–H groups in total. The maximum absolute atomic E-state index is 13.0. The lowest BCUT2D eigenvalue weighted by molar-refractivity contribution is -0.143. The van der Waals surface area contributed by atoms with E-state index in [2.05, 4.69) is 10.0 Å². The molecule has 0 unspecified atom stereocenters. The Labute approximate surface area is 203 Å². The molecule has 178 valence electrons. The van der Waals surface area contributed by atoms with Crippen LogP contribution in [0.1, 0.15) is 35.3 Å². The number of hydrogen-bond acceptors (Lipinski definition) is 4. The van der Waals surface area contributed by atoms with Crippen LogP contribution in [0, 0.1) is 13.8 Å². The summed E-state index contributed by atoms with van der Waals surface area (Å²) in [5.74, 6) is -1.64. The second-order valence-corrected chi connectivity index (χ2v) is 10.6. The molecule has 0 fully saturated rings. The third kappa shape index (κ3) is 5.58. The lowest BCUT2D eigenvalue weighted by Crippen LogP contribution is -2.49. The zero-order valence-electron chi connectivity index (χ0n) is 19.1. The van der Waals surface area contributed by atoms with Crippen molar-refractivity contribution in [2.45, 2.75) is 38.1 Å². The first-order valence-corrected chi connectivity index (χ1v) is 12.2. The molecule has 7 nitrogen and oxygen atoms in total. The van der Waals surface area contributed by atoms with E-state index in [1.807, 2.05) is 6.07 Å². The van der Waals surface area contributed by atoms with Crippen LogP contribution in [-0.4, -0.2) is 30.9 Å². The van der Waals surface area contributed by atoms with Crippen molar-refractivity contribution >= 4 is 39.2 Å². The molecule has 0 aliphatic carbocycles. The quantitative estimate of drug-likeness (QED) is 0.421. The molecule has 0 saturated carbocycles. The fourth-order valence-electron chi connectivity index (χ4n) is 3.24. The van der Waals surface area contributed by atoms with Crippen LogP contribution in [0.15, 0.2) is 65.6 Å². The number of rotatable bonds is 7. The van der Waals surface area contributed by atoms with Gasteiger partial charge in [-0.15, -0.1) is 0 Å². The van der Waals surface area contributed by atoms with Crippen LogP contribution >= 0.6 is 11.6 Å². The maximum Gasteiger partial charge on any atom is 0.328 e. The van der Waals surface area contributed by atoms with Crippen molar-refractivity contribution in [1.82, 2.24) is 5.32 Å².